The van der Waals surface area contributed by atoms with E-state index in [0.717, 1.165) is 45.9 Å². The number of nitrogens with one attached hydrogen (secondary N) is 1. The van der Waals surface area contributed by atoms with Gasteiger partial charge in [-0.1, -0.05) is 30.3 Å². The molecule has 2 aromatic heterocycles. The van der Waals surface area contributed by atoms with E-state index in [1.54, 1.807) is 0 Å². The van der Waals surface area contributed by atoms with Gasteiger partial charge in [-0.25, -0.2) is 9.78 Å². The quantitative estimate of drug-likeness (QED) is 0.511. The van der Waals surface area contributed by atoms with E-state index in [0.29, 0.717) is 5.69 Å². The van der Waals surface area contributed by atoms with Gasteiger partial charge in [0.15, 0.2) is 0 Å². The number of aryl methyl sites for hydroxylation is 2. The third kappa shape index (κ3) is 2.60. The molecule has 134 valence electrons. The molecular weight excluding hydrogens is 336 g/mol. The fourth-order valence-electron chi connectivity index (χ4n) is 4.14. The van der Waals surface area contributed by atoms with Gasteiger partial charge in [-0.2, -0.15) is 0 Å². The molecule has 1 aliphatic carbocycles. The number of ether oxygens (including phenoxy) is 1. The lowest BCUT2D eigenvalue weighted by molar-refractivity contribution is 0.0594. The standard InChI is InChI=1S/C23H20N2O2/c1-27-23(26)20-13-18-17-8-4-5-9-19(17)24-22(18)21(25-20)16-11-10-14-6-2-3-7-15(14)12-16/h4-5,8-13,24H,2-3,6-7H2,1H3. The summed E-state index contributed by atoms with van der Waals surface area (Å²) in [7, 11) is 1.39. The molecule has 4 aromatic rings. The fraction of sp³-hybridized carbons (Fsp3) is 0.217. The van der Waals surface area contributed by atoms with Crippen molar-refractivity contribution in [1.82, 2.24) is 9.97 Å². The summed E-state index contributed by atoms with van der Waals surface area (Å²) in [4.78, 5) is 20.4. The summed E-state index contributed by atoms with van der Waals surface area (Å²) in [5, 5.41) is 2.08. The number of nitrogens with zero attached hydrogens (tertiary/aromatic N) is 1. The number of para-hydroxylation sites is 1. The van der Waals surface area contributed by atoms with E-state index in [1.165, 1.54) is 31.1 Å². The van der Waals surface area contributed by atoms with Gasteiger partial charge >= 0.3 is 5.97 Å². The summed E-state index contributed by atoms with van der Waals surface area (Å²) in [5.41, 5.74) is 7.00. The molecule has 0 bridgehead atoms. The van der Waals surface area contributed by atoms with Gasteiger partial charge in [0, 0.05) is 21.9 Å². The van der Waals surface area contributed by atoms with E-state index in [4.69, 9.17) is 4.74 Å². The number of carbonyl (C=O) groups excluding carboxylic acids is 1. The lowest BCUT2D eigenvalue weighted by Gasteiger charge is -2.16. The van der Waals surface area contributed by atoms with Crippen LogP contribution in [0.1, 0.15) is 34.5 Å². The zero-order chi connectivity index (χ0) is 18.4. The van der Waals surface area contributed by atoms with E-state index in [1.807, 2.05) is 24.3 Å². The van der Waals surface area contributed by atoms with Crippen LogP contribution in [0.15, 0.2) is 48.5 Å². The Hall–Kier alpha value is -3.14. The van der Waals surface area contributed by atoms with E-state index >= 15 is 0 Å². The third-order valence-electron chi connectivity index (χ3n) is 5.51. The minimum Gasteiger partial charge on any atom is -0.464 e. The molecule has 4 nitrogen and oxygen atoms in total. The Kier molecular flexibility index (Phi) is 3.71. The average molecular weight is 356 g/mol. The van der Waals surface area contributed by atoms with E-state index in [9.17, 15) is 4.79 Å². The molecule has 0 spiro atoms. The van der Waals surface area contributed by atoms with Crippen LogP contribution in [0.4, 0.5) is 0 Å². The Morgan fingerprint density at radius 1 is 1.00 bits per heavy atom. The Balaban J connectivity index is 1.81. The molecule has 0 amide bonds. The van der Waals surface area contributed by atoms with Gasteiger partial charge in [-0.15, -0.1) is 0 Å². The molecule has 0 radical (unpaired) electrons. The Labute approximate surface area is 157 Å². The Morgan fingerprint density at radius 3 is 2.67 bits per heavy atom. The van der Waals surface area contributed by atoms with E-state index in [-0.39, 0.29) is 0 Å². The maximum atomic E-state index is 12.2. The molecule has 0 saturated carbocycles. The lowest BCUT2D eigenvalue weighted by atomic mass is 9.89. The van der Waals surface area contributed by atoms with Crippen molar-refractivity contribution in [2.75, 3.05) is 7.11 Å². The number of carbonyl (C=O) groups is 1. The summed E-state index contributed by atoms with van der Waals surface area (Å²) in [6.45, 7) is 0. The number of hydrogen-bond acceptors (Lipinski definition) is 3. The van der Waals surface area contributed by atoms with Crippen molar-refractivity contribution < 1.29 is 9.53 Å². The van der Waals surface area contributed by atoms with Crippen LogP contribution in [0.5, 0.6) is 0 Å². The maximum Gasteiger partial charge on any atom is 0.356 e. The number of rotatable bonds is 2. The normalized spacial score (nSPS) is 13.7. The Morgan fingerprint density at radius 2 is 1.81 bits per heavy atom. The molecule has 5 rings (SSSR count). The summed E-state index contributed by atoms with van der Waals surface area (Å²) in [5.74, 6) is -0.415. The number of esters is 1. The van der Waals surface area contributed by atoms with Crippen molar-refractivity contribution in [2.24, 2.45) is 0 Å². The highest BCUT2D eigenvalue weighted by atomic mass is 16.5. The van der Waals surface area contributed by atoms with Gasteiger partial charge in [0.05, 0.1) is 18.3 Å². The molecule has 1 aliphatic rings. The number of benzene rings is 2. The molecule has 2 heterocycles. The van der Waals surface area contributed by atoms with Crippen LogP contribution >= 0.6 is 0 Å². The van der Waals surface area contributed by atoms with Crippen LogP contribution < -0.4 is 0 Å². The number of methoxy groups -OCH3 is 1. The van der Waals surface area contributed by atoms with Crippen molar-refractivity contribution in [2.45, 2.75) is 25.7 Å². The minimum atomic E-state index is -0.415. The molecule has 0 unspecified atom stereocenters. The van der Waals surface area contributed by atoms with Crippen LogP contribution in [0.3, 0.4) is 0 Å². The number of aromatic nitrogens is 2. The van der Waals surface area contributed by atoms with Gasteiger partial charge in [0.1, 0.15) is 5.69 Å². The molecular formula is C23H20N2O2. The highest BCUT2D eigenvalue weighted by Gasteiger charge is 2.18. The third-order valence-corrected chi connectivity index (χ3v) is 5.51. The first-order chi connectivity index (χ1) is 13.2. The van der Waals surface area contributed by atoms with Crippen molar-refractivity contribution >= 4 is 27.8 Å². The molecule has 0 fully saturated rings. The second-order valence-corrected chi connectivity index (χ2v) is 7.13. The van der Waals surface area contributed by atoms with Gasteiger partial charge in [0.25, 0.3) is 0 Å². The molecule has 1 N–H and O–H groups in total. The summed E-state index contributed by atoms with van der Waals surface area (Å²) in [6, 6.07) is 16.5. The van der Waals surface area contributed by atoms with Crippen LogP contribution in [0.25, 0.3) is 33.1 Å². The topological polar surface area (TPSA) is 55.0 Å². The smallest absolute Gasteiger partial charge is 0.356 e. The van der Waals surface area contributed by atoms with Gasteiger partial charge < -0.3 is 9.72 Å². The zero-order valence-corrected chi connectivity index (χ0v) is 15.2. The monoisotopic (exact) mass is 356 g/mol. The van der Waals surface area contributed by atoms with Crippen molar-refractivity contribution in [3.63, 3.8) is 0 Å². The first kappa shape index (κ1) is 16.1. The fourth-order valence-corrected chi connectivity index (χ4v) is 4.14. The molecule has 4 heteroatoms. The molecule has 0 aliphatic heterocycles. The largest absolute Gasteiger partial charge is 0.464 e. The predicted octanol–water partition coefficient (Wildman–Crippen LogP) is 5.05. The zero-order valence-electron chi connectivity index (χ0n) is 15.2. The molecule has 2 aromatic carbocycles. The molecule has 0 atom stereocenters. The SMILES string of the molecule is COC(=O)c1cc2c([nH]c3ccccc32)c(-c2ccc3c(c2)CCCC3)n1. The lowest BCUT2D eigenvalue weighted by Crippen LogP contribution is -2.06. The van der Waals surface area contributed by atoms with Crippen molar-refractivity contribution in [3.05, 3.63) is 65.4 Å². The van der Waals surface area contributed by atoms with Crippen LogP contribution in [0, 0.1) is 0 Å². The second-order valence-electron chi connectivity index (χ2n) is 7.13. The first-order valence-corrected chi connectivity index (χ1v) is 9.36. The van der Waals surface area contributed by atoms with Crippen molar-refractivity contribution in [1.29, 1.82) is 0 Å². The molecule has 27 heavy (non-hydrogen) atoms. The average Bonchev–Trinajstić information content (AvgIpc) is 3.11. The second kappa shape index (κ2) is 6.23. The van der Waals surface area contributed by atoms with Crippen LogP contribution in [-0.2, 0) is 17.6 Å². The van der Waals surface area contributed by atoms with Crippen molar-refractivity contribution in [3.8, 4) is 11.3 Å². The number of H-pyrrole nitrogens is 1. The number of hydrogen-bond donors (Lipinski definition) is 1. The van der Waals surface area contributed by atoms with Gasteiger partial charge in [-0.3, -0.25) is 0 Å². The van der Waals surface area contributed by atoms with Crippen LogP contribution in [0.2, 0.25) is 0 Å². The van der Waals surface area contributed by atoms with Gasteiger partial charge in [-0.05, 0) is 55.0 Å². The summed E-state index contributed by atoms with van der Waals surface area (Å²) < 4.78 is 4.94. The number of fused-ring (bicyclic) bond motifs is 4. The van der Waals surface area contributed by atoms with E-state index < -0.39 is 5.97 Å². The first-order valence-electron chi connectivity index (χ1n) is 9.36. The van der Waals surface area contributed by atoms with E-state index in [2.05, 4.69) is 34.2 Å². The number of pyridine rings is 1. The highest BCUT2D eigenvalue weighted by Crippen LogP contribution is 2.34. The summed E-state index contributed by atoms with van der Waals surface area (Å²) >= 11 is 0. The predicted molar refractivity (Wildman–Crippen MR) is 107 cm³/mol. The maximum absolute atomic E-state index is 12.2. The highest BCUT2D eigenvalue weighted by molar-refractivity contribution is 6.12. The van der Waals surface area contributed by atoms with Gasteiger partial charge in [0.2, 0.25) is 0 Å². The molecule has 0 saturated heterocycles. The number of aromatic amines is 1. The summed E-state index contributed by atoms with van der Waals surface area (Å²) in [6.07, 6.45) is 4.74. The van der Waals surface area contributed by atoms with Crippen LogP contribution in [-0.4, -0.2) is 23.0 Å². The Bertz CT molecular complexity index is 1190. The minimum absolute atomic E-state index is 0.336.